The van der Waals surface area contributed by atoms with Crippen LogP contribution in [0.2, 0.25) is 0 Å². The van der Waals surface area contributed by atoms with E-state index in [1.165, 1.54) is 6.26 Å². The molecular formula is C34H35N3O7. The Balaban J connectivity index is 1.17. The predicted octanol–water partition coefficient (Wildman–Crippen LogP) is 5.81. The van der Waals surface area contributed by atoms with Crippen LogP contribution in [0.5, 0.6) is 23.0 Å². The van der Waals surface area contributed by atoms with Crippen LogP contribution in [0.15, 0.2) is 83.5 Å². The molecule has 4 aromatic rings. The number of fused-ring (bicyclic) bond motifs is 1. The molecule has 1 amide bonds. The lowest BCUT2D eigenvalue weighted by atomic mass is 9.98. The molecule has 2 aliphatic heterocycles. The van der Waals surface area contributed by atoms with Gasteiger partial charge in [-0.15, -0.1) is 0 Å². The van der Waals surface area contributed by atoms with Crippen LogP contribution < -0.4 is 14.2 Å². The summed E-state index contributed by atoms with van der Waals surface area (Å²) in [6, 6.07) is 23.5. The van der Waals surface area contributed by atoms with E-state index in [2.05, 4.69) is 9.88 Å². The Labute approximate surface area is 256 Å². The number of benzene rings is 3. The summed E-state index contributed by atoms with van der Waals surface area (Å²) in [7, 11) is 0. The van der Waals surface area contributed by atoms with Gasteiger partial charge in [0.1, 0.15) is 17.8 Å². The Morgan fingerprint density at radius 2 is 1.73 bits per heavy atom. The van der Waals surface area contributed by atoms with E-state index in [0.717, 1.165) is 34.8 Å². The van der Waals surface area contributed by atoms with Crippen molar-refractivity contribution in [2.45, 2.75) is 39.4 Å². The summed E-state index contributed by atoms with van der Waals surface area (Å²) in [5, 5.41) is 0. The van der Waals surface area contributed by atoms with Crippen LogP contribution in [0.1, 0.15) is 47.3 Å². The third-order valence-corrected chi connectivity index (χ3v) is 7.58. The molecule has 0 aliphatic carbocycles. The van der Waals surface area contributed by atoms with Crippen LogP contribution in [-0.4, -0.2) is 53.1 Å². The van der Waals surface area contributed by atoms with Crippen molar-refractivity contribution in [3.05, 3.63) is 102 Å². The van der Waals surface area contributed by atoms with Crippen molar-refractivity contribution < 1.29 is 33.0 Å². The maximum absolute atomic E-state index is 13.3. The minimum absolute atomic E-state index is 0.210. The molecule has 0 spiro atoms. The molecule has 44 heavy (non-hydrogen) atoms. The molecule has 1 saturated heterocycles. The van der Waals surface area contributed by atoms with Crippen molar-refractivity contribution in [2.24, 2.45) is 5.92 Å². The van der Waals surface area contributed by atoms with Gasteiger partial charge in [0.25, 0.3) is 5.91 Å². The first-order valence-electron chi connectivity index (χ1n) is 14.9. The van der Waals surface area contributed by atoms with E-state index in [4.69, 9.17) is 23.4 Å². The summed E-state index contributed by atoms with van der Waals surface area (Å²) < 4.78 is 28.1. The van der Waals surface area contributed by atoms with Crippen molar-refractivity contribution in [2.75, 3.05) is 26.5 Å². The molecule has 0 radical (unpaired) electrons. The summed E-state index contributed by atoms with van der Waals surface area (Å²) in [6.07, 6.45) is 2.84. The van der Waals surface area contributed by atoms with Crippen molar-refractivity contribution in [3.8, 4) is 23.0 Å². The van der Waals surface area contributed by atoms with Crippen LogP contribution in [-0.2, 0) is 29.2 Å². The number of aromatic nitrogens is 1. The van der Waals surface area contributed by atoms with Gasteiger partial charge in [0.05, 0.1) is 19.1 Å². The third-order valence-electron chi connectivity index (χ3n) is 7.58. The van der Waals surface area contributed by atoms with Gasteiger partial charge in [-0.1, -0.05) is 36.4 Å². The van der Waals surface area contributed by atoms with E-state index in [1.807, 2.05) is 72.8 Å². The minimum Gasteiger partial charge on any atom is -0.466 e. The average molecular weight is 598 g/mol. The number of carbonyl (C=O) groups is 2. The van der Waals surface area contributed by atoms with Gasteiger partial charge in [0, 0.05) is 26.2 Å². The fourth-order valence-electron chi connectivity index (χ4n) is 5.50. The molecule has 3 heterocycles. The summed E-state index contributed by atoms with van der Waals surface area (Å²) in [5.74, 6) is 2.54. The van der Waals surface area contributed by atoms with Crippen LogP contribution in [0, 0.1) is 5.92 Å². The molecule has 10 heteroatoms. The first-order chi connectivity index (χ1) is 21.5. The predicted molar refractivity (Wildman–Crippen MR) is 160 cm³/mol. The first kappa shape index (κ1) is 29.3. The fraction of sp³-hybridized carbons (Fsp3) is 0.324. The van der Waals surface area contributed by atoms with Crippen molar-refractivity contribution in [1.82, 2.24) is 14.8 Å². The molecule has 6 rings (SSSR count). The van der Waals surface area contributed by atoms with Crippen molar-refractivity contribution >= 4 is 11.9 Å². The summed E-state index contributed by atoms with van der Waals surface area (Å²) >= 11 is 0. The average Bonchev–Trinajstić information content (AvgIpc) is 3.71. The van der Waals surface area contributed by atoms with Crippen LogP contribution in [0.3, 0.4) is 0 Å². The van der Waals surface area contributed by atoms with Gasteiger partial charge in [-0.25, -0.2) is 4.98 Å². The van der Waals surface area contributed by atoms with Crippen molar-refractivity contribution in [1.29, 1.82) is 0 Å². The summed E-state index contributed by atoms with van der Waals surface area (Å²) in [4.78, 5) is 34.0. The second-order valence-electron chi connectivity index (χ2n) is 10.9. The quantitative estimate of drug-likeness (QED) is 0.198. The van der Waals surface area contributed by atoms with E-state index in [0.29, 0.717) is 57.4 Å². The van der Waals surface area contributed by atoms with Crippen LogP contribution in [0.25, 0.3) is 0 Å². The van der Waals surface area contributed by atoms with Gasteiger partial charge in [0.2, 0.25) is 12.7 Å². The number of rotatable bonds is 11. The number of likely N-dealkylation sites (tertiary alicyclic amines) is 1. The largest absolute Gasteiger partial charge is 0.466 e. The molecule has 3 aromatic carbocycles. The van der Waals surface area contributed by atoms with Gasteiger partial charge < -0.3 is 28.3 Å². The first-order valence-corrected chi connectivity index (χ1v) is 14.9. The second kappa shape index (κ2) is 13.6. The van der Waals surface area contributed by atoms with Gasteiger partial charge in [0.15, 0.2) is 17.2 Å². The highest BCUT2D eigenvalue weighted by atomic mass is 16.7. The Bertz CT molecular complexity index is 1590. The highest BCUT2D eigenvalue weighted by Crippen LogP contribution is 2.33. The molecular weight excluding hydrogens is 562 g/mol. The minimum atomic E-state index is -0.321. The molecule has 0 N–H and O–H groups in total. The van der Waals surface area contributed by atoms with E-state index in [9.17, 15) is 9.59 Å². The fourth-order valence-corrected chi connectivity index (χ4v) is 5.50. The maximum atomic E-state index is 13.3. The number of nitrogens with zero attached hydrogens (tertiary/aromatic N) is 3. The number of oxazole rings is 1. The second-order valence-corrected chi connectivity index (χ2v) is 10.9. The number of esters is 1. The third kappa shape index (κ3) is 7.20. The maximum Gasteiger partial charge on any atom is 0.310 e. The number of ether oxygens (including phenoxy) is 4. The number of hydrogen-bond acceptors (Lipinski definition) is 9. The van der Waals surface area contributed by atoms with E-state index >= 15 is 0 Å². The van der Waals surface area contributed by atoms with Gasteiger partial charge in [-0.05, 0) is 67.3 Å². The highest BCUT2D eigenvalue weighted by Gasteiger charge is 2.31. The van der Waals surface area contributed by atoms with E-state index in [1.54, 1.807) is 11.8 Å². The van der Waals surface area contributed by atoms with Gasteiger partial charge in [-0.2, -0.15) is 0 Å². The van der Waals surface area contributed by atoms with Gasteiger partial charge >= 0.3 is 5.97 Å². The number of piperidine rings is 1. The molecule has 1 fully saturated rings. The van der Waals surface area contributed by atoms with Crippen LogP contribution in [0.4, 0.5) is 0 Å². The molecule has 2 aliphatic rings. The summed E-state index contributed by atoms with van der Waals surface area (Å²) in [5.41, 5.74) is 2.30. The Morgan fingerprint density at radius 3 is 2.57 bits per heavy atom. The molecule has 1 unspecified atom stereocenters. The zero-order valence-corrected chi connectivity index (χ0v) is 24.6. The standard InChI is InChI=1S/C34H35N3O7/c1-2-40-34(39)26-9-7-15-37(20-26)33(38)29-22-41-32(35-29)21-36(19-25-13-14-30-31(17-25)43-23-42-30)18-24-8-6-12-28(16-24)44-27-10-4-3-5-11-27/h3-6,8,10-14,16-17,22,26H,2,7,9,15,18-21,23H2,1H3. The van der Waals surface area contributed by atoms with E-state index in [-0.39, 0.29) is 30.3 Å². The molecule has 1 aromatic heterocycles. The molecule has 0 bridgehead atoms. The highest BCUT2D eigenvalue weighted by molar-refractivity contribution is 5.92. The Kier molecular flexibility index (Phi) is 9.07. The summed E-state index contributed by atoms with van der Waals surface area (Å²) in [6.45, 7) is 4.69. The Hall–Kier alpha value is -4.83. The number of hydrogen-bond donors (Lipinski definition) is 0. The zero-order chi connectivity index (χ0) is 30.3. The molecule has 1 atom stereocenters. The number of carbonyl (C=O) groups excluding carboxylic acids is 2. The van der Waals surface area contributed by atoms with Crippen LogP contribution >= 0.6 is 0 Å². The Morgan fingerprint density at radius 1 is 0.932 bits per heavy atom. The monoisotopic (exact) mass is 597 g/mol. The topological polar surface area (TPSA) is 104 Å². The lowest BCUT2D eigenvalue weighted by Gasteiger charge is -2.30. The smallest absolute Gasteiger partial charge is 0.310 e. The lowest BCUT2D eigenvalue weighted by Crippen LogP contribution is -2.43. The van der Waals surface area contributed by atoms with Crippen molar-refractivity contribution in [3.63, 3.8) is 0 Å². The van der Waals surface area contributed by atoms with Gasteiger partial charge in [-0.3, -0.25) is 14.5 Å². The number of amides is 1. The lowest BCUT2D eigenvalue weighted by molar-refractivity contribution is -0.149. The van der Waals surface area contributed by atoms with E-state index < -0.39 is 0 Å². The molecule has 228 valence electrons. The molecule has 0 saturated carbocycles. The number of para-hydroxylation sites is 1. The normalized spacial score (nSPS) is 15.8. The molecule has 10 nitrogen and oxygen atoms in total. The zero-order valence-electron chi connectivity index (χ0n) is 24.6. The SMILES string of the molecule is CCOC(=O)C1CCCN(C(=O)c2coc(CN(Cc3cccc(Oc4ccccc4)c3)Cc3ccc4c(c3)OCO4)n2)C1.